The SMILES string of the molecule is CCCCCONC(N)=O. The van der Waals surface area contributed by atoms with Gasteiger partial charge in [-0.3, -0.25) is 4.84 Å². The van der Waals surface area contributed by atoms with E-state index in [4.69, 9.17) is 5.73 Å². The van der Waals surface area contributed by atoms with Gasteiger partial charge in [0.25, 0.3) is 0 Å². The predicted molar refractivity (Wildman–Crippen MR) is 38.2 cm³/mol. The maximum absolute atomic E-state index is 10.0. The molecule has 0 unspecified atom stereocenters. The molecule has 0 aromatic heterocycles. The second kappa shape index (κ2) is 6.35. The first-order valence-corrected chi connectivity index (χ1v) is 3.44. The van der Waals surface area contributed by atoms with Crippen LogP contribution in [0, 0.1) is 0 Å². The maximum atomic E-state index is 10.0. The van der Waals surface area contributed by atoms with Gasteiger partial charge in [-0.1, -0.05) is 19.8 Å². The van der Waals surface area contributed by atoms with E-state index in [2.05, 4.69) is 11.8 Å². The fourth-order valence-corrected chi connectivity index (χ4v) is 0.546. The van der Waals surface area contributed by atoms with Crippen LogP contribution in [-0.4, -0.2) is 12.6 Å². The number of primary amides is 1. The molecular formula is C6H14N2O2. The summed E-state index contributed by atoms with van der Waals surface area (Å²) < 4.78 is 0. The molecule has 4 nitrogen and oxygen atoms in total. The maximum Gasteiger partial charge on any atom is 0.336 e. The molecule has 0 radical (unpaired) electrons. The van der Waals surface area contributed by atoms with E-state index in [-0.39, 0.29) is 0 Å². The third kappa shape index (κ3) is 7.23. The van der Waals surface area contributed by atoms with Crippen LogP contribution in [0.25, 0.3) is 0 Å². The largest absolute Gasteiger partial charge is 0.350 e. The fourth-order valence-electron chi connectivity index (χ4n) is 0.546. The van der Waals surface area contributed by atoms with Gasteiger partial charge in [0.05, 0.1) is 6.61 Å². The molecule has 0 saturated heterocycles. The molecule has 4 heteroatoms. The zero-order valence-corrected chi connectivity index (χ0v) is 6.22. The van der Waals surface area contributed by atoms with Crippen molar-refractivity contribution in [2.45, 2.75) is 26.2 Å². The van der Waals surface area contributed by atoms with Gasteiger partial charge in [0, 0.05) is 0 Å². The van der Waals surface area contributed by atoms with Gasteiger partial charge in [-0.05, 0) is 6.42 Å². The molecule has 0 fully saturated rings. The zero-order valence-electron chi connectivity index (χ0n) is 6.22. The third-order valence-electron chi connectivity index (χ3n) is 1.02. The summed E-state index contributed by atoms with van der Waals surface area (Å²) in [5.41, 5.74) is 6.78. The van der Waals surface area contributed by atoms with Gasteiger partial charge in [0.15, 0.2) is 0 Å². The molecular weight excluding hydrogens is 132 g/mol. The minimum atomic E-state index is -0.642. The quantitative estimate of drug-likeness (QED) is 0.444. The molecule has 0 spiro atoms. The second-order valence-corrected chi connectivity index (χ2v) is 2.02. The highest BCUT2D eigenvalue weighted by molar-refractivity contribution is 5.70. The first kappa shape index (κ1) is 9.23. The van der Waals surface area contributed by atoms with Gasteiger partial charge in [-0.2, -0.15) is 0 Å². The summed E-state index contributed by atoms with van der Waals surface area (Å²) in [6.45, 7) is 2.64. The lowest BCUT2D eigenvalue weighted by atomic mass is 10.3. The first-order chi connectivity index (χ1) is 4.77. The van der Waals surface area contributed by atoms with Gasteiger partial charge < -0.3 is 5.73 Å². The van der Waals surface area contributed by atoms with E-state index < -0.39 is 6.03 Å². The molecule has 0 aromatic carbocycles. The Balaban J connectivity index is 2.84. The summed E-state index contributed by atoms with van der Waals surface area (Å²) in [6, 6.07) is -0.642. The lowest BCUT2D eigenvalue weighted by Gasteiger charge is -2.00. The molecule has 0 saturated carbocycles. The van der Waals surface area contributed by atoms with Crippen molar-refractivity contribution in [2.24, 2.45) is 5.73 Å². The van der Waals surface area contributed by atoms with Crippen molar-refractivity contribution in [3.05, 3.63) is 0 Å². The molecule has 10 heavy (non-hydrogen) atoms. The Labute approximate surface area is 60.7 Å². The van der Waals surface area contributed by atoms with E-state index in [9.17, 15) is 4.79 Å². The average Bonchev–Trinajstić information content (AvgIpc) is 1.87. The van der Waals surface area contributed by atoms with Crippen LogP contribution in [-0.2, 0) is 4.84 Å². The Hall–Kier alpha value is -0.770. The molecule has 0 aliphatic rings. The lowest BCUT2D eigenvalue weighted by molar-refractivity contribution is 0.0618. The number of nitrogens with two attached hydrogens (primary N) is 1. The van der Waals surface area contributed by atoms with Crippen molar-refractivity contribution in [3.8, 4) is 0 Å². The number of carbonyl (C=O) groups excluding carboxylic acids is 1. The minimum absolute atomic E-state index is 0.538. The van der Waals surface area contributed by atoms with Crippen LogP contribution < -0.4 is 11.2 Å². The van der Waals surface area contributed by atoms with E-state index in [0.29, 0.717) is 6.61 Å². The monoisotopic (exact) mass is 146 g/mol. The molecule has 3 N–H and O–H groups in total. The van der Waals surface area contributed by atoms with Crippen molar-refractivity contribution in [1.82, 2.24) is 5.48 Å². The van der Waals surface area contributed by atoms with Crippen LogP contribution in [0.15, 0.2) is 0 Å². The summed E-state index contributed by atoms with van der Waals surface area (Å²) in [5, 5.41) is 0. The lowest BCUT2D eigenvalue weighted by Crippen LogP contribution is -2.29. The van der Waals surface area contributed by atoms with Crippen LogP contribution in [0.3, 0.4) is 0 Å². The Morgan fingerprint density at radius 2 is 2.30 bits per heavy atom. The van der Waals surface area contributed by atoms with Crippen LogP contribution >= 0.6 is 0 Å². The minimum Gasteiger partial charge on any atom is -0.350 e. The summed E-state index contributed by atoms with van der Waals surface area (Å²) >= 11 is 0. The highest BCUT2D eigenvalue weighted by atomic mass is 16.7. The van der Waals surface area contributed by atoms with Crippen molar-refractivity contribution < 1.29 is 9.63 Å². The van der Waals surface area contributed by atoms with Crippen molar-refractivity contribution in [3.63, 3.8) is 0 Å². The molecule has 0 aromatic rings. The smallest absolute Gasteiger partial charge is 0.336 e. The fraction of sp³-hybridized carbons (Fsp3) is 0.833. The number of carbonyl (C=O) groups is 1. The number of nitrogens with one attached hydrogen (secondary N) is 1. The second-order valence-electron chi connectivity index (χ2n) is 2.02. The Morgan fingerprint density at radius 1 is 1.60 bits per heavy atom. The van der Waals surface area contributed by atoms with Gasteiger partial charge in [-0.15, -0.1) is 0 Å². The van der Waals surface area contributed by atoms with Crippen molar-refractivity contribution >= 4 is 6.03 Å². The number of hydrogen-bond donors (Lipinski definition) is 2. The Bertz CT molecular complexity index is 95.7. The number of hydroxylamine groups is 1. The Kier molecular flexibility index (Phi) is 5.86. The van der Waals surface area contributed by atoms with Gasteiger partial charge in [0.1, 0.15) is 0 Å². The number of urea groups is 1. The molecule has 0 heterocycles. The summed E-state index contributed by atoms with van der Waals surface area (Å²) in [5.74, 6) is 0. The Morgan fingerprint density at radius 3 is 2.80 bits per heavy atom. The van der Waals surface area contributed by atoms with E-state index in [0.717, 1.165) is 19.3 Å². The van der Waals surface area contributed by atoms with Crippen molar-refractivity contribution in [2.75, 3.05) is 6.61 Å². The standard InChI is InChI=1S/C6H14N2O2/c1-2-3-4-5-10-8-6(7)9/h2-5H2,1H3,(H3,7,8,9). The molecule has 0 rings (SSSR count). The number of unbranched alkanes of at least 4 members (excludes halogenated alkanes) is 2. The summed E-state index contributed by atoms with van der Waals surface area (Å²) in [4.78, 5) is 14.7. The van der Waals surface area contributed by atoms with Crippen LogP contribution in [0.4, 0.5) is 4.79 Å². The molecule has 0 aliphatic carbocycles. The van der Waals surface area contributed by atoms with Gasteiger partial charge in [0.2, 0.25) is 0 Å². The highest BCUT2D eigenvalue weighted by Crippen LogP contribution is 1.92. The average molecular weight is 146 g/mol. The van der Waals surface area contributed by atoms with E-state index in [1.165, 1.54) is 0 Å². The van der Waals surface area contributed by atoms with Gasteiger partial charge in [-0.25, -0.2) is 10.3 Å². The van der Waals surface area contributed by atoms with E-state index >= 15 is 0 Å². The van der Waals surface area contributed by atoms with E-state index in [1.54, 1.807) is 0 Å². The topological polar surface area (TPSA) is 64.3 Å². The van der Waals surface area contributed by atoms with Crippen molar-refractivity contribution in [1.29, 1.82) is 0 Å². The number of amides is 2. The molecule has 0 atom stereocenters. The highest BCUT2D eigenvalue weighted by Gasteiger charge is 1.89. The number of hydrogen-bond acceptors (Lipinski definition) is 2. The first-order valence-electron chi connectivity index (χ1n) is 3.44. The van der Waals surface area contributed by atoms with Crippen LogP contribution in [0.1, 0.15) is 26.2 Å². The molecule has 0 bridgehead atoms. The number of rotatable bonds is 5. The van der Waals surface area contributed by atoms with E-state index in [1.807, 2.05) is 5.48 Å². The normalized spacial score (nSPS) is 9.30. The van der Waals surface area contributed by atoms with Crippen LogP contribution in [0.5, 0.6) is 0 Å². The predicted octanol–water partition coefficient (Wildman–Crippen LogP) is 0.777. The molecule has 0 aliphatic heterocycles. The molecule has 2 amide bonds. The molecule has 60 valence electrons. The van der Waals surface area contributed by atoms with Crippen LogP contribution in [0.2, 0.25) is 0 Å². The third-order valence-corrected chi connectivity index (χ3v) is 1.02. The zero-order chi connectivity index (χ0) is 7.82. The summed E-state index contributed by atoms with van der Waals surface area (Å²) in [6.07, 6.45) is 3.21. The van der Waals surface area contributed by atoms with Gasteiger partial charge >= 0.3 is 6.03 Å². The summed E-state index contributed by atoms with van der Waals surface area (Å²) in [7, 11) is 0.